The first-order chi connectivity index (χ1) is 14.2. The summed E-state index contributed by atoms with van der Waals surface area (Å²) in [5.74, 6) is 0.751. The van der Waals surface area contributed by atoms with Gasteiger partial charge in [-0.1, -0.05) is 30.3 Å². The molecule has 150 valence electrons. The van der Waals surface area contributed by atoms with Crippen LogP contribution in [0.5, 0.6) is 11.6 Å². The van der Waals surface area contributed by atoms with Crippen molar-refractivity contribution in [3.05, 3.63) is 58.8 Å². The minimum atomic E-state index is -0.373. The lowest BCUT2D eigenvalue weighted by molar-refractivity contribution is -0.142. The van der Waals surface area contributed by atoms with Gasteiger partial charge in [0.25, 0.3) is 0 Å². The minimum absolute atomic E-state index is 0.204. The lowest BCUT2D eigenvalue weighted by atomic mass is 10.2. The predicted octanol–water partition coefficient (Wildman–Crippen LogP) is 3.25. The second kappa shape index (κ2) is 8.75. The number of carbonyl (C=O) groups is 1. The van der Waals surface area contributed by atoms with Crippen molar-refractivity contribution in [2.24, 2.45) is 0 Å². The highest BCUT2D eigenvalue weighted by atomic mass is 79.9. The fourth-order valence-electron chi connectivity index (χ4n) is 3.26. The fourth-order valence-corrected chi connectivity index (χ4v) is 3.77. The van der Waals surface area contributed by atoms with Crippen LogP contribution in [0.4, 0.5) is 0 Å². The zero-order valence-corrected chi connectivity index (χ0v) is 17.4. The monoisotopic (exact) mass is 457 g/mol. The van der Waals surface area contributed by atoms with Crippen LogP contribution in [-0.4, -0.2) is 41.7 Å². The number of halogens is 1. The SMILES string of the molecule is COC(=O)C1CC(Oc2nc3ccncc3c(OCc3ccccc3)c2Br)CN1. The van der Waals surface area contributed by atoms with Crippen molar-refractivity contribution >= 4 is 32.8 Å². The van der Waals surface area contributed by atoms with E-state index in [0.29, 0.717) is 35.7 Å². The smallest absolute Gasteiger partial charge is 0.323 e. The number of ether oxygens (including phenoxy) is 3. The molecule has 2 atom stereocenters. The predicted molar refractivity (Wildman–Crippen MR) is 111 cm³/mol. The largest absolute Gasteiger partial charge is 0.487 e. The van der Waals surface area contributed by atoms with Crippen LogP contribution in [0.15, 0.2) is 53.3 Å². The summed E-state index contributed by atoms with van der Waals surface area (Å²) in [4.78, 5) is 20.5. The Morgan fingerprint density at radius 2 is 2.10 bits per heavy atom. The summed E-state index contributed by atoms with van der Waals surface area (Å²) in [6.07, 6.45) is 3.71. The van der Waals surface area contributed by atoms with Crippen LogP contribution in [0, 0.1) is 0 Å². The van der Waals surface area contributed by atoms with Gasteiger partial charge in [0, 0.05) is 25.4 Å². The molecule has 2 aromatic heterocycles. The number of pyridine rings is 2. The van der Waals surface area contributed by atoms with Crippen molar-refractivity contribution in [2.45, 2.75) is 25.2 Å². The van der Waals surface area contributed by atoms with Crippen molar-refractivity contribution < 1.29 is 19.0 Å². The van der Waals surface area contributed by atoms with Crippen LogP contribution in [0.3, 0.4) is 0 Å². The molecule has 0 amide bonds. The molecular formula is C21H20BrN3O4. The Morgan fingerprint density at radius 1 is 1.28 bits per heavy atom. The van der Waals surface area contributed by atoms with E-state index >= 15 is 0 Å². The molecule has 4 rings (SSSR count). The minimum Gasteiger partial charge on any atom is -0.487 e. The molecule has 0 aliphatic carbocycles. The summed E-state index contributed by atoms with van der Waals surface area (Å²) in [7, 11) is 1.38. The summed E-state index contributed by atoms with van der Waals surface area (Å²) in [5, 5.41) is 3.90. The van der Waals surface area contributed by atoms with Crippen LogP contribution in [0.1, 0.15) is 12.0 Å². The van der Waals surface area contributed by atoms with Gasteiger partial charge in [-0.05, 0) is 27.6 Å². The molecule has 2 unspecified atom stereocenters. The average Bonchev–Trinajstić information content (AvgIpc) is 3.22. The lowest BCUT2D eigenvalue weighted by Crippen LogP contribution is -2.31. The molecule has 3 heterocycles. The van der Waals surface area contributed by atoms with E-state index < -0.39 is 0 Å². The molecule has 1 fully saturated rings. The maximum absolute atomic E-state index is 11.7. The van der Waals surface area contributed by atoms with Crippen LogP contribution in [-0.2, 0) is 16.1 Å². The summed E-state index contributed by atoms with van der Waals surface area (Å²) in [6, 6.07) is 11.4. The van der Waals surface area contributed by atoms with E-state index in [2.05, 4.69) is 31.2 Å². The van der Waals surface area contributed by atoms with Crippen molar-refractivity contribution in [2.75, 3.05) is 13.7 Å². The fraction of sp³-hybridized carbons (Fsp3) is 0.286. The van der Waals surface area contributed by atoms with Gasteiger partial charge in [-0.15, -0.1) is 0 Å². The third kappa shape index (κ3) is 4.33. The van der Waals surface area contributed by atoms with Gasteiger partial charge in [0.05, 0.1) is 18.0 Å². The normalized spacial score (nSPS) is 18.6. The van der Waals surface area contributed by atoms with E-state index in [1.54, 1.807) is 12.4 Å². The first-order valence-electron chi connectivity index (χ1n) is 9.23. The van der Waals surface area contributed by atoms with Crippen LogP contribution >= 0.6 is 15.9 Å². The molecule has 1 aliphatic heterocycles. The van der Waals surface area contributed by atoms with E-state index in [-0.39, 0.29) is 18.1 Å². The summed E-state index contributed by atoms with van der Waals surface area (Å²) < 4.78 is 17.6. The topological polar surface area (TPSA) is 82.6 Å². The molecule has 1 N–H and O–H groups in total. The number of carbonyl (C=O) groups excluding carboxylic acids is 1. The number of nitrogens with one attached hydrogen (secondary N) is 1. The van der Waals surface area contributed by atoms with Gasteiger partial charge in [-0.25, -0.2) is 4.98 Å². The second-order valence-electron chi connectivity index (χ2n) is 6.69. The van der Waals surface area contributed by atoms with Crippen molar-refractivity contribution in [3.8, 4) is 11.6 Å². The van der Waals surface area contributed by atoms with E-state index in [4.69, 9.17) is 14.2 Å². The van der Waals surface area contributed by atoms with Gasteiger partial charge >= 0.3 is 5.97 Å². The van der Waals surface area contributed by atoms with Gasteiger partial charge in [0.15, 0.2) is 0 Å². The molecule has 1 saturated heterocycles. The Balaban J connectivity index is 1.60. The summed E-state index contributed by atoms with van der Waals surface area (Å²) in [6.45, 7) is 0.935. The number of esters is 1. The highest BCUT2D eigenvalue weighted by Gasteiger charge is 2.32. The zero-order chi connectivity index (χ0) is 20.2. The molecule has 0 radical (unpaired) electrons. The number of hydrogen-bond donors (Lipinski definition) is 1. The van der Waals surface area contributed by atoms with Crippen molar-refractivity contribution in [1.82, 2.24) is 15.3 Å². The number of fused-ring (bicyclic) bond motifs is 1. The molecule has 29 heavy (non-hydrogen) atoms. The van der Waals surface area contributed by atoms with Crippen LogP contribution < -0.4 is 14.8 Å². The molecule has 7 nitrogen and oxygen atoms in total. The standard InChI is InChI=1S/C21H20BrN3O4/c1-27-21(26)17-9-14(10-24-17)29-20-18(22)19(15-11-23-8-7-16(15)25-20)28-12-13-5-3-2-4-6-13/h2-8,11,14,17,24H,9-10,12H2,1H3. The first-order valence-corrected chi connectivity index (χ1v) is 10.0. The highest BCUT2D eigenvalue weighted by molar-refractivity contribution is 9.10. The molecule has 3 aromatic rings. The Hall–Kier alpha value is -2.71. The molecule has 0 spiro atoms. The second-order valence-corrected chi connectivity index (χ2v) is 7.48. The molecule has 0 saturated carbocycles. The molecule has 1 aliphatic rings. The van der Waals surface area contributed by atoms with E-state index in [9.17, 15) is 4.79 Å². The van der Waals surface area contributed by atoms with Crippen LogP contribution in [0.25, 0.3) is 10.9 Å². The molecule has 0 bridgehead atoms. The molecule has 8 heteroatoms. The van der Waals surface area contributed by atoms with Gasteiger partial charge in [0.1, 0.15) is 29.0 Å². The van der Waals surface area contributed by atoms with E-state index in [1.807, 2.05) is 36.4 Å². The number of hydrogen-bond acceptors (Lipinski definition) is 7. The Kier molecular flexibility index (Phi) is 5.92. The van der Waals surface area contributed by atoms with Crippen molar-refractivity contribution in [3.63, 3.8) is 0 Å². The number of aromatic nitrogens is 2. The number of benzene rings is 1. The third-order valence-electron chi connectivity index (χ3n) is 4.73. The quantitative estimate of drug-likeness (QED) is 0.568. The Labute approximate surface area is 176 Å². The zero-order valence-electron chi connectivity index (χ0n) is 15.8. The summed E-state index contributed by atoms with van der Waals surface area (Å²) in [5.41, 5.74) is 1.77. The maximum Gasteiger partial charge on any atom is 0.323 e. The van der Waals surface area contributed by atoms with Gasteiger partial charge in [-0.3, -0.25) is 9.78 Å². The summed E-state index contributed by atoms with van der Waals surface area (Å²) >= 11 is 3.59. The molecular weight excluding hydrogens is 438 g/mol. The number of nitrogens with zero attached hydrogens (tertiary/aromatic N) is 2. The number of methoxy groups -OCH3 is 1. The maximum atomic E-state index is 11.7. The Bertz CT molecular complexity index is 1020. The van der Waals surface area contributed by atoms with Gasteiger partial charge < -0.3 is 19.5 Å². The number of rotatable bonds is 6. The van der Waals surface area contributed by atoms with Crippen LogP contribution in [0.2, 0.25) is 0 Å². The highest BCUT2D eigenvalue weighted by Crippen LogP contribution is 2.39. The van der Waals surface area contributed by atoms with E-state index in [0.717, 1.165) is 16.5 Å². The van der Waals surface area contributed by atoms with E-state index in [1.165, 1.54) is 7.11 Å². The third-order valence-corrected chi connectivity index (χ3v) is 5.43. The van der Waals surface area contributed by atoms with Gasteiger partial charge in [0.2, 0.25) is 5.88 Å². The van der Waals surface area contributed by atoms with Crippen molar-refractivity contribution in [1.29, 1.82) is 0 Å². The molecule has 1 aromatic carbocycles. The lowest BCUT2D eigenvalue weighted by Gasteiger charge is -2.17. The van der Waals surface area contributed by atoms with Gasteiger partial charge in [-0.2, -0.15) is 0 Å². The first kappa shape index (κ1) is 19.6. The Morgan fingerprint density at radius 3 is 2.90 bits per heavy atom. The average molecular weight is 458 g/mol.